The number of nitrogen functional groups attached to an aromatic ring is 1. The van der Waals surface area contributed by atoms with Crippen LogP contribution in [0.5, 0.6) is 0 Å². The van der Waals surface area contributed by atoms with E-state index in [0.717, 1.165) is 34.5 Å². The molecule has 0 aliphatic carbocycles. The Morgan fingerprint density at radius 3 is 2.50 bits per heavy atom. The van der Waals surface area contributed by atoms with Crippen molar-refractivity contribution in [2.45, 2.75) is 26.8 Å². The summed E-state index contributed by atoms with van der Waals surface area (Å²) < 4.78 is 0. The highest BCUT2D eigenvalue weighted by Crippen LogP contribution is 2.24. The van der Waals surface area contributed by atoms with Gasteiger partial charge in [0.2, 0.25) is 0 Å². The number of nitrogens with zero attached hydrogens (tertiary/aromatic N) is 2. The van der Waals surface area contributed by atoms with Crippen molar-refractivity contribution >= 4 is 17.3 Å². The summed E-state index contributed by atoms with van der Waals surface area (Å²) in [5, 5.41) is 0. The Bertz CT molecular complexity index is 710. The lowest BCUT2D eigenvalue weighted by Crippen LogP contribution is -2.32. The molecule has 0 fully saturated rings. The topological polar surface area (TPSA) is 49.6 Å². The van der Waals surface area contributed by atoms with E-state index in [0.29, 0.717) is 13.1 Å². The first-order valence-corrected chi connectivity index (χ1v) is 8.34. The number of carbonyl (C=O) groups excluding carboxylic acids is 1. The Morgan fingerprint density at radius 2 is 1.88 bits per heavy atom. The number of nitrogens with two attached hydrogens (primary N) is 1. The number of aryl methyl sites for hydroxylation is 1. The number of rotatable bonds is 6. The minimum Gasteiger partial charge on any atom is -0.399 e. The summed E-state index contributed by atoms with van der Waals surface area (Å²) in [5.41, 5.74) is 10.7. The van der Waals surface area contributed by atoms with E-state index in [1.54, 1.807) is 0 Å². The largest absolute Gasteiger partial charge is 0.399 e. The van der Waals surface area contributed by atoms with Crippen molar-refractivity contribution in [1.29, 1.82) is 0 Å². The van der Waals surface area contributed by atoms with Gasteiger partial charge in [-0.05, 0) is 49.2 Å². The highest BCUT2D eigenvalue weighted by Gasteiger charge is 2.17. The van der Waals surface area contributed by atoms with E-state index in [-0.39, 0.29) is 5.91 Å². The first-order chi connectivity index (χ1) is 11.4. The number of hydrogen-bond acceptors (Lipinski definition) is 3. The zero-order valence-electron chi connectivity index (χ0n) is 15.0. The molecule has 0 radical (unpaired) electrons. The van der Waals surface area contributed by atoms with E-state index in [2.05, 4.69) is 11.8 Å². The van der Waals surface area contributed by atoms with Crippen LogP contribution in [0.4, 0.5) is 11.4 Å². The Balaban J connectivity index is 2.32. The molecule has 0 saturated heterocycles. The predicted octanol–water partition coefficient (Wildman–Crippen LogP) is 3.70. The second-order valence-corrected chi connectivity index (χ2v) is 6.38. The summed E-state index contributed by atoms with van der Waals surface area (Å²) in [6.07, 6.45) is 0.914. The molecule has 0 heterocycles. The fourth-order valence-corrected chi connectivity index (χ4v) is 2.86. The number of carbonyl (C=O) groups is 1. The number of benzene rings is 2. The molecule has 0 aliphatic heterocycles. The molecule has 0 bridgehead atoms. The second-order valence-electron chi connectivity index (χ2n) is 6.38. The molecule has 0 saturated carbocycles. The number of hydrogen-bond donors (Lipinski definition) is 1. The van der Waals surface area contributed by atoms with Crippen LogP contribution < -0.4 is 10.6 Å². The third kappa shape index (κ3) is 4.28. The van der Waals surface area contributed by atoms with Gasteiger partial charge in [-0.3, -0.25) is 4.79 Å². The summed E-state index contributed by atoms with van der Waals surface area (Å²) in [6, 6.07) is 13.6. The highest BCUT2D eigenvalue weighted by atomic mass is 16.2. The highest BCUT2D eigenvalue weighted by molar-refractivity contribution is 5.94. The Labute approximate surface area is 144 Å². The van der Waals surface area contributed by atoms with Crippen LogP contribution >= 0.6 is 0 Å². The van der Waals surface area contributed by atoms with Gasteiger partial charge < -0.3 is 15.5 Å². The monoisotopic (exact) mass is 325 g/mol. The maximum atomic E-state index is 12.9. The van der Waals surface area contributed by atoms with Crippen molar-refractivity contribution in [3.05, 3.63) is 59.2 Å². The number of amides is 1. The van der Waals surface area contributed by atoms with Gasteiger partial charge in [0.1, 0.15) is 0 Å². The normalized spacial score (nSPS) is 10.5. The molecule has 2 N–H and O–H groups in total. The lowest BCUT2D eigenvalue weighted by molar-refractivity contribution is 0.0743. The van der Waals surface area contributed by atoms with Crippen LogP contribution in [-0.2, 0) is 6.54 Å². The zero-order valence-corrected chi connectivity index (χ0v) is 15.0. The standard InChI is InChI=1S/C20H27N3O/c1-5-11-23(20(24)16-8-6-7-15(2)12-16)14-17-13-18(21)9-10-19(17)22(3)4/h6-10,12-13H,5,11,14,21H2,1-4H3. The van der Waals surface area contributed by atoms with E-state index in [1.165, 1.54) is 0 Å². The summed E-state index contributed by atoms with van der Waals surface area (Å²) in [5.74, 6) is 0.0627. The molecule has 4 heteroatoms. The molecule has 1 amide bonds. The predicted molar refractivity (Wildman–Crippen MR) is 101 cm³/mol. The third-order valence-corrected chi connectivity index (χ3v) is 3.99. The third-order valence-electron chi connectivity index (χ3n) is 3.99. The van der Waals surface area contributed by atoms with Crippen molar-refractivity contribution in [3.8, 4) is 0 Å². The van der Waals surface area contributed by atoms with Gasteiger partial charge in [-0.25, -0.2) is 0 Å². The quantitative estimate of drug-likeness (QED) is 0.824. The maximum absolute atomic E-state index is 12.9. The van der Waals surface area contributed by atoms with Crippen LogP contribution in [0.1, 0.15) is 34.8 Å². The minimum atomic E-state index is 0.0627. The summed E-state index contributed by atoms with van der Waals surface area (Å²) in [4.78, 5) is 16.9. The fraction of sp³-hybridized carbons (Fsp3) is 0.350. The van der Waals surface area contributed by atoms with E-state index in [4.69, 9.17) is 5.73 Å². The van der Waals surface area contributed by atoms with Gasteiger partial charge in [0, 0.05) is 44.1 Å². The molecule has 2 aromatic rings. The minimum absolute atomic E-state index is 0.0627. The van der Waals surface area contributed by atoms with E-state index in [9.17, 15) is 4.79 Å². The van der Waals surface area contributed by atoms with Gasteiger partial charge in [0.15, 0.2) is 0 Å². The SMILES string of the molecule is CCCN(Cc1cc(N)ccc1N(C)C)C(=O)c1cccc(C)c1. The van der Waals surface area contributed by atoms with Crippen molar-refractivity contribution < 1.29 is 4.79 Å². The van der Waals surface area contributed by atoms with Crippen LogP contribution in [0.15, 0.2) is 42.5 Å². The lowest BCUT2D eigenvalue weighted by atomic mass is 10.1. The average molecular weight is 325 g/mol. The molecule has 2 rings (SSSR count). The van der Waals surface area contributed by atoms with Gasteiger partial charge in [0.05, 0.1) is 0 Å². The molecule has 0 spiro atoms. The van der Waals surface area contributed by atoms with E-state index < -0.39 is 0 Å². The van der Waals surface area contributed by atoms with Crippen LogP contribution in [0.3, 0.4) is 0 Å². The maximum Gasteiger partial charge on any atom is 0.254 e. The average Bonchev–Trinajstić information content (AvgIpc) is 2.53. The van der Waals surface area contributed by atoms with Gasteiger partial charge in [0.25, 0.3) is 5.91 Å². The Kier molecular flexibility index (Phi) is 5.85. The van der Waals surface area contributed by atoms with Crippen molar-refractivity contribution in [2.75, 3.05) is 31.3 Å². The molecule has 0 atom stereocenters. The van der Waals surface area contributed by atoms with Crippen LogP contribution in [0, 0.1) is 6.92 Å². The van der Waals surface area contributed by atoms with Crippen molar-refractivity contribution in [3.63, 3.8) is 0 Å². The van der Waals surface area contributed by atoms with E-state index >= 15 is 0 Å². The van der Waals surface area contributed by atoms with Crippen molar-refractivity contribution in [1.82, 2.24) is 4.90 Å². The molecular formula is C20H27N3O. The second kappa shape index (κ2) is 7.86. The van der Waals surface area contributed by atoms with Crippen LogP contribution in [0.2, 0.25) is 0 Å². The first kappa shape index (κ1) is 17.9. The Hall–Kier alpha value is -2.49. The summed E-state index contributed by atoms with van der Waals surface area (Å²) >= 11 is 0. The van der Waals surface area contributed by atoms with Gasteiger partial charge in [-0.1, -0.05) is 24.6 Å². The number of anilines is 2. The van der Waals surface area contributed by atoms with Gasteiger partial charge in [-0.2, -0.15) is 0 Å². The molecule has 24 heavy (non-hydrogen) atoms. The lowest BCUT2D eigenvalue weighted by Gasteiger charge is -2.26. The van der Waals surface area contributed by atoms with E-state index in [1.807, 2.05) is 68.4 Å². The zero-order chi connectivity index (χ0) is 17.7. The van der Waals surface area contributed by atoms with Gasteiger partial charge >= 0.3 is 0 Å². The fourth-order valence-electron chi connectivity index (χ4n) is 2.86. The molecule has 0 aromatic heterocycles. The van der Waals surface area contributed by atoms with Crippen LogP contribution in [0.25, 0.3) is 0 Å². The van der Waals surface area contributed by atoms with Gasteiger partial charge in [-0.15, -0.1) is 0 Å². The van der Waals surface area contributed by atoms with Crippen LogP contribution in [-0.4, -0.2) is 31.4 Å². The summed E-state index contributed by atoms with van der Waals surface area (Å²) in [6.45, 7) is 5.36. The van der Waals surface area contributed by atoms with Crippen molar-refractivity contribution in [2.24, 2.45) is 0 Å². The molecule has 2 aromatic carbocycles. The first-order valence-electron chi connectivity index (χ1n) is 8.34. The Morgan fingerprint density at radius 1 is 1.12 bits per heavy atom. The molecule has 0 aliphatic rings. The smallest absolute Gasteiger partial charge is 0.254 e. The molecule has 4 nitrogen and oxygen atoms in total. The summed E-state index contributed by atoms with van der Waals surface area (Å²) in [7, 11) is 4.00. The molecular weight excluding hydrogens is 298 g/mol. The molecule has 0 unspecified atom stereocenters. The molecule has 128 valence electrons.